The Kier molecular flexibility index (Phi) is 7.54. The van der Waals surface area contributed by atoms with Crippen LogP contribution < -0.4 is 10.6 Å². The van der Waals surface area contributed by atoms with Gasteiger partial charge in [-0.2, -0.15) is 0 Å². The summed E-state index contributed by atoms with van der Waals surface area (Å²) in [7, 11) is 0. The first kappa shape index (κ1) is 23.4. The highest BCUT2D eigenvalue weighted by Crippen LogP contribution is 2.27. The number of nitrogens with zero attached hydrogens (tertiary/aromatic N) is 2. The largest absolute Gasteiger partial charge is 0.456 e. The van der Waals surface area contributed by atoms with Crippen molar-refractivity contribution in [3.8, 4) is 0 Å². The molecular weight excluding hydrogens is 452 g/mol. The fourth-order valence-electron chi connectivity index (χ4n) is 3.66. The van der Waals surface area contributed by atoms with E-state index in [0.717, 1.165) is 30.5 Å². The summed E-state index contributed by atoms with van der Waals surface area (Å²) in [5, 5.41) is 6.20. The minimum atomic E-state index is -0.528. The summed E-state index contributed by atoms with van der Waals surface area (Å²) in [6.45, 7) is 0.869. The average Bonchev–Trinajstić information content (AvgIpc) is 3.30. The molecule has 1 aliphatic rings. The number of nitrogens with one attached hydrogen (secondary N) is 2. The Labute approximate surface area is 201 Å². The summed E-state index contributed by atoms with van der Waals surface area (Å²) in [5.41, 5.74) is 4.83. The lowest BCUT2D eigenvalue weighted by Crippen LogP contribution is -2.20. The van der Waals surface area contributed by atoms with Gasteiger partial charge in [0.1, 0.15) is 10.8 Å². The van der Waals surface area contributed by atoms with Gasteiger partial charge in [-0.3, -0.25) is 14.4 Å². The second-order valence-electron chi connectivity index (χ2n) is 7.81. The molecule has 174 valence electrons. The second kappa shape index (κ2) is 10.9. The van der Waals surface area contributed by atoms with Gasteiger partial charge in [0.05, 0.1) is 5.56 Å². The highest BCUT2D eigenvalue weighted by Gasteiger charge is 2.16. The van der Waals surface area contributed by atoms with Crippen molar-refractivity contribution in [3.63, 3.8) is 0 Å². The number of thioether (sulfide) groups is 1. The average molecular weight is 477 g/mol. The van der Waals surface area contributed by atoms with Gasteiger partial charge in [-0.25, -0.2) is 9.97 Å². The number of rotatable bonds is 8. The van der Waals surface area contributed by atoms with Crippen molar-refractivity contribution < 1.29 is 19.1 Å². The van der Waals surface area contributed by atoms with Gasteiger partial charge in [-0.05, 0) is 72.4 Å². The number of anilines is 2. The predicted molar refractivity (Wildman–Crippen MR) is 130 cm³/mol. The topological polar surface area (TPSA) is 110 Å². The minimum Gasteiger partial charge on any atom is -0.456 e. The van der Waals surface area contributed by atoms with Gasteiger partial charge in [-0.1, -0.05) is 6.07 Å². The Bertz CT molecular complexity index is 1230. The van der Waals surface area contributed by atoms with Gasteiger partial charge in [0.2, 0.25) is 0 Å². The molecule has 9 heteroatoms. The minimum absolute atomic E-state index is 0.207. The molecule has 3 aromatic rings. The van der Waals surface area contributed by atoms with Gasteiger partial charge in [0.25, 0.3) is 11.8 Å². The van der Waals surface area contributed by atoms with E-state index in [1.165, 1.54) is 29.8 Å². The first-order chi connectivity index (χ1) is 16.5. The number of hydrogen-bond acceptors (Lipinski definition) is 7. The summed E-state index contributed by atoms with van der Waals surface area (Å²) in [4.78, 5) is 44.2. The van der Waals surface area contributed by atoms with E-state index in [9.17, 15) is 14.4 Å². The van der Waals surface area contributed by atoms with E-state index in [1.54, 1.807) is 30.6 Å². The Hall–Kier alpha value is -3.72. The fourth-order valence-corrected chi connectivity index (χ4v) is 4.59. The molecular formula is C25H24N4O4S. The Morgan fingerprint density at radius 2 is 1.85 bits per heavy atom. The maximum absolute atomic E-state index is 13.0. The van der Waals surface area contributed by atoms with Crippen LogP contribution in [0.4, 0.5) is 11.5 Å². The molecule has 2 N–H and O–H groups in total. The molecule has 2 aromatic heterocycles. The molecule has 1 aliphatic carbocycles. The highest BCUT2D eigenvalue weighted by molar-refractivity contribution is 7.98. The predicted octanol–water partition coefficient (Wildman–Crippen LogP) is 4.01. The van der Waals surface area contributed by atoms with Crippen LogP contribution in [0, 0.1) is 0 Å². The van der Waals surface area contributed by atoms with Crippen molar-refractivity contribution in [3.05, 3.63) is 77.1 Å². The SMILES string of the molecule is CC(=O)OCC(=O)Nc1cc(CSc2ncccc2C(=O)Nc2ccc3c(c2)CCC3)ccn1. The zero-order valence-electron chi connectivity index (χ0n) is 18.7. The van der Waals surface area contributed by atoms with Crippen LogP contribution in [-0.4, -0.2) is 34.4 Å². The van der Waals surface area contributed by atoms with Crippen LogP contribution in [0.2, 0.25) is 0 Å². The van der Waals surface area contributed by atoms with Gasteiger partial charge in [0, 0.05) is 30.8 Å². The van der Waals surface area contributed by atoms with Crippen molar-refractivity contribution in [2.75, 3.05) is 17.2 Å². The highest BCUT2D eigenvalue weighted by atomic mass is 32.2. The number of hydrogen-bond donors (Lipinski definition) is 2. The summed E-state index contributed by atoms with van der Waals surface area (Å²) < 4.78 is 4.68. The number of amides is 2. The summed E-state index contributed by atoms with van der Waals surface area (Å²) in [6, 6.07) is 13.1. The van der Waals surface area contributed by atoms with E-state index < -0.39 is 11.9 Å². The number of ether oxygens (including phenoxy) is 1. The first-order valence-corrected chi connectivity index (χ1v) is 11.9. The van der Waals surface area contributed by atoms with Crippen LogP contribution in [-0.2, 0) is 32.9 Å². The number of pyridine rings is 2. The number of benzene rings is 1. The number of esters is 1. The molecule has 0 fully saturated rings. The van der Waals surface area contributed by atoms with Gasteiger partial charge in [0.15, 0.2) is 6.61 Å². The van der Waals surface area contributed by atoms with Gasteiger partial charge < -0.3 is 15.4 Å². The van der Waals surface area contributed by atoms with Gasteiger partial charge >= 0.3 is 5.97 Å². The van der Waals surface area contributed by atoms with Crippen molar-refractivity contribution >= 4 is 41.1 Å². The van der Waals surface area contributed by atoms with E-state index in [-0.39, 0.29) is 12.5 Å². The summed E-state index contributed by atoms with van der Waals surface area (Å²) in [6.07, 6.45) is 6.53. The van der Waals surface area contributed by atoms with E-state index in [0.29, 0.717) is 22.2 Å². The standard InChI is InChI=1S/C25H24N4O4S/c1-16(30)33-14-23(31)29-22-12-17(9-11-26-22)15-34-25-21(6-3-10-27-25)24(32)28-20-8-7-18-4-2-5-19(18)13-20/h3,6-13H,2,4-5,14-15H2,1H3,(H,28,32)(H,26,29,31). The molecule has 0 bridgehead atoms. The van der Waals surface area contributed by atoms with E-state index in [1.807, 2.05) is 12.1 Å². The van der Waals surface area contributed by atoms with E-state index >= 15 is 0 Å². The maximum Gasteiger partial charge on any atom is 0.303 e. The molecule has 0 unspecified atom stereocenters. The van der Waals surface area contributed by atoms with Crippen molar-refractivity contribution in [1.82, 2.24) is 9.97 Å². The molecule has 0 radical (unpaired) electrons. The van der Waals surface area contributed by atoms with Crippen LogP contribution in [0.1, 0.15) is 40.4 Å². The lowest BCUT2D eigenvalue weighted by molar-refractivity contribution is -0.144. The summed E-state index contributed by atoms with van der Waals surface area (Å²) >= 11 is 1.42. The third kappa shape index (κ3) is 6.20. The fraction of sp³-hybridized carbons (Fsp3) is 0.240. The molecule has 2 heterocycles. The van der Waals surface area contributed by atoms with E-state index in [2.05, 4.69) is 37.5 Å². The molecule has 8 nitrogen and oxygen atoms in total. The molecule has 0 aliphatic heterocycles. The first-order valence-electron chi connectivity index (χ1n) is 10.9. The molecule has 0 atom stereocenters. The van der Waals surface area contributed by atoms with Crippen LogP contribution in [0.25, 0.3) is 0 Å². The maximum atomic E-state index is 13.0. The molecule has 2 amide bonds. The molecule has 0 saturated carbocycles. The molecule has 0 saturated heterocycles. The Balaban J connectivity index is 1.39. The van der Waals surface area contributed by atoms with Crippen LogP contribution in [0.3, 0.4) is 0 Å². The Morgan fingerprint density at radius 1 is 1.00 bits per heavy atom. The molecule has 4 rings (SSSR count). The number of fused-ring (bicyclic) bond motifs is 1. The van der Waals surface area contributed by atoms with Crippen LogP contribution in [0.5, 0.6) is 0 Å². The lowest BCUT2D eigenvalue weighted by atomic mass is 10.1. The van der Waals surface area contributed by atoms with Crippen LogP contribution in [0.15, 0.2) is 59.9 Å². The monoisotopic (exact) mass is 476 g/mol. The molecule has 0 spiro atoms. The third-order valence-electron chi connectivity index (χ3n) is 5.25. The van der Waals surface area contributed by atoms with Crippen molar-refractivity contribution in [2.45, 2.75) is 37.0 Å². The van der Waals surface area contributed by atoms with E-state index in [4.69, 9.17) is 0 Å². The van der Waals surface area contributed by atoms with Crippen molar-refractivity contribution in [1.29, 1.82) is 0 Å². The molecule has 34 heavy (non-hydrogen) atoms. The van der Waals surface area contributed by atoms with Crippen molar-refractivity contribution in [2.24, 2.45) is 0 Å². The normalized spacial score (nSPS) is 12.0. The number of carbonyl (C=O) groups excluding carboxylic acids is 3. The van der Waals surface area contributed by atoms with Gasteiger partial charge in [-0.15, -0.1) is 11.8 Å². The van der Waals surface area contributed by atoms with Crippen LogP contribution >= 0.6 is 11.8 Å². The number of aromatic nitrogens is 2. The third-order valence-corrected chi connectivity index (χ3v) is 6.32. The summed E-state index contributed by atoms with van der Waals surface area (Å²) in [5.74, 6) is -0.333. The number of aryl methyl sites for hydroxylation is 2. The Morgan fingerprint density at radius 3 is 2.71 bits per heavy atom. The quantitative estimate of drug-likeness (QED) is 0.373. The lowest BCUT2D eigenvalue weighted by Gasteiger charge is -2.11. The smallest absolute Gasteiger partial charge is 0.303 e. The second-order valence-corrected chi connectivity index (χ2v) is 8.78. The zero-order chi connectivity index (χ0) is 23.9. The molecule has 1 aromatic carbocycles. The number of carbonyl (C=O) groups is 3. The zero-order valence-corrected chi connectivity index (χ0v) is 19.5.